The highest BCUT2D eigenvalue weighted by atomic mass is 35.5. The lowest BCUT2D eigenvalue weighted by Gasteiger charge is -2.18. The molecule has 2 aromatic rings. The first kappa shape index (κ1) is 20.3. The zero-order chi connectivity index (χ0) is 20.7. The van der Waals surface area contributed by atoms with Crippen LogP contribution in [0, 0.1) is 5.82 Å². The molecule has 2 rings (SSSR count). The first-order valence-electron chi connectivity index (χ1n) is 6.86. The van der Waals surface area contributed by atoms with E-state index in [-0.39, 0.29) is 15.2 Å². The van der Waals surface area contributed by atoms with Crippen molar-refractivity contribution in [3.63, 3.8) is 0 Å². The summed E-state index contributed by atoms with van der Waals surface area (Å²) >= 11 is 5.76. The average Bonchev–Trinajstić information content (AvgIpc) is 2.52. The van der Waals surface area contributed by atoms with E-state index in [2.05, 4.69) is 0 Å². The summed E-state index contributed by atoms with van der Waals surface area (Å²) in [6, 6.07) is 0.693. The molecule has 27 heavy (non-hydrogen) atoms. The Morgan fingerprint density at radius 2 is 1.89 bits per heavy atom. The fraction of sp³-hybridized carbons (Fsp3) is 0.214. The maximum atomic E-state index is 14.5. The molecule has 0 bridgehead atoms. The number of halogens is 5. The maximum Gasteiger partial charge on any atom is 0.431 e. The molecule has 1 aromatic heterocycles. The van der Waals surface area contributed by atoms with E-state index in [9.17, 15) is 31.9 Å². The lowest BCUT2D eigenvalue weighted by Crippen LogP contribution is -2.41. The number of amides is 1. The minimum atomic E-state index is -5.02. The Kier molecular flexibility index (Phi) is 5.22. The van der Waals surface area contributed by atoms with E-state index in [1.54, 1.807) is 5.32 Å². The summed E-state index contributed by atoms with van der Waals surface area (Å²) < 4.78 is 58.3. The highest BCUT2D eigenvalue weighted by Gasteiger charge is 2.35. The second kappa shape index (κ2) is 6.95. The average molecular weight is 412 g/mol. The van der Waals surface area contributed by atoms with E-state index in [1.165, 1.54) is 0 Å². The van der Waals surface area contributed by atoms with Crippen molar-refractivity contribution in [2.75, 3.05) is 12.4 Å². The van der Waals surface area contributed by atoms with Gasteiger partial charge in [0, 0.05) is 13.1 Å². The van der Waals surface area contributed by atoms with Crippen LogP contribution < -0.4 is 21.3 Å². The molecule has 1 amide bonds. The monoisotopic (exact) mass is 411 g/mol. The van der Waals surface area contributed by atoms with E-state index in [1.807, 2.05) is 0 Å². The zero-order valence-electron chi connectivity index (χ0n) is 13.5. The molecule has 0 saturated heterocycles. The van der Waals surface area contributed by atoms with Crippen LogP contribution in [0.5, 0.6) is 5.75 Å². The normalized spacial score (nSPS) is 11.4. The van der Waals surface area contributed by atoms with E-state index in [0.29, 0.717) is 6.07 Å². The van der Waals surface area contributed by atoms with Crippen molar-refractivity contribution in [3.8, 4) is 11.4 Å². The number of anilines is 1. The second-order valence-electron chi connectivity index (χ2n) is 5.07. The number of aromatic nitrogens is 2. The van der Waals surface area contributed by atoms with Crippen LogP contribution in [0.2, 0.25) is 5.02 Å². The summed E-state index contributed by atoms with van der Waals surface area (Å²) in [5.41, 5.74) is -6.36. The molecule has 0 fully saturated rings. The molecule has 0 saturated carbocycles. The Morgan fingerprint density at radius 1 is 1.30 bits per heavy atom. The quantitative estimate of drug-likeness (QED) is 0.755. The molecule has 0 spiro atoms. The highest BCUT2D eigenvalue weighted by Crippen LogP contribution is 2.39. The Bertz CT molecular complexity index is 1050. The van der Waals surface area contributed by atoms with Crippen LogP contribution >= 0.6 is 11.6 Å². The first-order chi connectivity index (χ1) is 12.4. The van der Waals surface area contributed by atoms with Crippen LogP contribution in [0.25, 0.3) is 5.69 Å². The molecule has 1 heterocycles. The molecule has 2 N–H and O–H groups in total. The number of ether oxygens (including phenoxy) is 1. The Labute approximate surface area is 152 Å². The van der Waals surface area contributed by atoms with Crippen LogP contribution in [-0.4, -0.2) is 27.4 Å². The van der Waals surface area contributed by atoms with Crippen LogP contribution in [-0.2, 0) is 13.2 Å². The maximum absolute atomic E-state index is 14.5. The van der Waals surface area contributed by atoms with Crippen molar-refractivity contribution in [3.05, 3.63) is 49.5 Å². The van der Waals surface area contributed by atoms with Crippen molar-refractivity contribution in [2.45, 2.75) is 6.18 Å². The van der Waals surface area contributed by atoms with Gasteiger partial charge in [-0.05, 0) is 6.07 Å². The standard InChI is InChI=1S/C14H10ClF4N3O5/c1-21-7(14(17,18)19)4-8(23)22(13(21)26)10-6(16)3-5(15)11(27-2)9(10)20-12(24)25/h3-4,20H,1-2H3,(H,24,25). The Balaban J connectivity index is 2.99. The number of carbonyl (C=O) groups is 1. The van der Waals surface area contributed by atoms with Gasteiger partial charge >= 0.3 is 18.0 Å². The summed E-state index contributed by atoms with van der Waals surface area (Å²) in [5.74, 6) is -1.78. The molecular weight excluding hydrogens is 402 g/mol. The third-order valence-corrected chi connectivity index (χ3v) is 3.71. The number of hydrogen-bond donors (Lipinski definition) is 2. The lowest BCUT2D eigenvalue weighted by atomic mass is 10.2. The van der Waals surface area contributed by atoms with Crippen LogP contribution in [0.15, 0.2) is 21.7 Å². The van der Waals surface area contributed by atoms with Gasteiger partial charge in [0.2, 0.25) is 0 Å². The molecule has 0 aliphatic heterocycles. The molecule has 13 heteroatoms. The number of carboxylic acid groups (broad SMARTS) is 1. The van der Waals surface area contributed by atoms with Crippen molar-refractivity contribution in [1.29, 1.82) is 0 Å². The Hall–Kier alpha value is -3.02. The van der Waals surface area contributed by atoms with Gasteiger partial charge < -0.3 is 9.84 Å². The van der Waals surface area contributed by atoms with Crippen LogP contribution in [0.3, 0.4) is 0 Å². The lowest BCUT2D eigenvalue weighted by molar-refractivity contribution is -0.144. The molecule has 0 aliphatic rings. The fourth-order valence-electron chi connectivity index (χ4n) is 2.34. The van der Waals surface area contributed by atoms with Gasteiger partial charge in [-0.2, -0.15) is 13.2 Å². The highest BCUT2D eigenvalue weighted by molar-refractivity contribution is 6.32. The van der Waals surface area contributed by atoms with Gasteiger partial charge in [-0.3, -0.25) is 14.7 Å². The summed E-state index contributed by atoms with van der Waals surface area (Å²) in [5, 5.41) is 10.3. The van der Waals surface area contributed by atoms with Gasteiger partial charge in [-0.15, -0.1) is 0 Å². The molecule has 146 valence electrons. The molecule has 0 unspecified atom stereocenters. The number of alkyl halides is 3. The summed E-state index contributed by atoms with van der Waals surface area (Å²) in [6.07, 6.45) is -6.75. The third-order valence-electron chi connectivity index (χ3n) is 3.43. The number of rotatable bonds is 3. The van der Waals surface area contributed by atoms with Gasteiger partial charge in [0.15, 0.2) is 11.6 Å². The summed E-state index contributed by atoms with van der Waals surface area (Å²) in [7, 11) is 1.76. The van der Waals surface area contributed by atoms with Crippen molar-refractivity contribution in [2.24, 2.45) is 7.05 Å². The molecule has 8 nitrogen and oxygen atoms in total. The summed E-state index contributed by atoms with van der Waals surface area (Å²) in [4.78, 5) is 35.5. The zero-order valence-corrected chi connectivity index (χ0v) is 14.3. The molecule has 0 aliphatic carbocycles. The SMILES string of the molecule is COc1c(Cl)cc(F)c(-n2c(=O)cc(C(F)(F)F)n(C)c2=O)c1NC(=O)O. The second-order valence-corrected chi connectivity index (χ2v) is 5.48. The largest absolute Gasteiger partial charge is 0.493 e. The number of methoxy groups -OCH3 is 1. The number of nitrogens with zero attached hydrogens (tertiary/aromatic N) is 2. The van der Waals surface area contributed by atoms with E-state index in [0.717, 1.165) is 14.2 Å². The molecular formula is C14H10ClF4N3O5. The number of hydrogen-bond acceptors (Lipinski definition) is 4. The fourth-order valence-corrected chi connectivity index (χ4v) is 2.60. The third kappa shape index (κ3) is 3.60. The van der Waals surface area contributed by atoms with Crippen LogP contribution in [0.4, 0.5) is 28.0 Å². The smallest absolute Gasteiger partial charge is 0.431 e. The molecule has 0 atom stereocenters. The predicted octanol–water partition coefficient (Wildman–Crippen LogP) is 2.45. The van der Waals surface area contributed by atoms with Crippen LogP contribution in [0.1, 0.15) is 5.69 Å². The summed E-state index contributed by atoms with van der Waals surface area (Å²) in [6.45, 7) is 0. The van der Waals surface area contributed by atoms with Gasteiger partial charge in [0.05, 0.1) is 12.1 Å². The number of benzene rings is 1. The van der Waals surface area contributed by atoms with Crippen molar-refractivity contribution < 1.29 is 32.2 Å². The van der Waals surface area contributed by atoms with E-state index < -0.39 is 57.2 Å². The first-order valence-corrected chi connectivity index (χ1v) is 7.24. The topological polar surface area (TPSA) is 103 Å². The van der Waals surface area contributed by atoms with E-state index in [4.69, 9.17) is 21.4 Å². The van der Waals surface area contributed by atoms with Gasteiger partial charge in [-0.1, -0.05) is 11.6 Å². The van der Waals surface area contributed by atoms with Crippen molar-refractivity contribution in [1.82, 2.24) is 9.13 Å². The Morgan fingerprint density at radius 3 is 2.37 bits per heavy atom. The van der Waals surface area contributed by atoms with Gasteiger partial charge in [0.1, 0.15) is 17.1 Å². The van der Waals surface area contributed by atoms with Gasteiger partial charge in [0.25, 0.3) is 5.56 Å². The minimum Gasteiger partial charge on any atom is -0.493 e. The van der Waals surface area contributed by atoms with Gasteiger partial charge in [-0.25, -0.2) is 18.5 Å². The predicted molar refractivity (Wildman–Crippen MR) is 85.4 cm³/mol. The van der Waals surface area contributed by atoms with E-state index >= 15 is 0 Å². The molecule has 1 aromatic carbocycles. The molecule has 0 radical (unpaired) electrons. The van der Waals surface area contributed by atoms with Crippen molar-refractivity contribution >= 4 is 23.4 Å². The number of nitrogens with one attached hydrogen (secondary N) is 1. The minimum absolute atomic E-state index is 0.0364.